The van der Waals surface area contributed by atoms with E-state index in [-0.39, 0.29) is 18.2 Å². The number of esters is 1. The summed E-state index contributed by atoms with van der Waals surface area (Å²) < 4.78 is 5.41. The SMILES string of the molecule is CC(=O)N(c1nc(COC(=O)c2csc(NCc3ccccc3)n2)cs1)c1ccc(C)cc1C. The first-order valence-corrected chi connectivity index (χ1v) is 12.4. The lowest BCUT2D eigenvalue weighted by Gasteiger charge is -2.20. The van der Waals surface area contributed by atoms with Crippen molar-refractivity contribution in [3.63, 3.8) is 0 Å². The molecule has 0 atom stereocenters. The number of anilines is 3. The Morgan fingerprint density at radius 3 is 2.56 bits per heavy atom. The number of carbonyl (C=O) groups is 2. The van der Waals surface area contributed by atoms with E-state index in [4.69, 9.17) is 4.74 Å². The van der Waals surface area contributed by atoms with Crippen LogP contribution >= 0.6 is 22.7 Å². The lowest BCUT2D eigenvalue weighted by molar-refractivity contribution is -0.115. The normalized spacial score (nSPS) is 10.7. The van der Waals surface area contributed by atoms with Crippen LogP contribution in [0.5, 0.6) is 0 Å². The van der Waals surface area contributed by atoms with Gasteiger partial charge in [0.15, 0.2) is 16.0 Å². The molecule has 2 heterocycles. The number of amides is 1. The van der Waals surface area contributed by atoms with E-state index in [1.807, 2.05) is 62.4 Å². The maximum Gasteiger partial charge on any atom is 0.358 e. The minimum Gasteiger partial charge on any atom is -0.454 e. The van der Waals surface area contributed by atoms with Crippen LogP contribution in [0, 0.1) is 13.8 Å². The van der Waals surface area contributed by atoms with Crippen LogP contribution in [0.2, 0.25) is 0 Å². The van der Waals surface area contributed by atoms with Gasteiger partial charge in [-0.15, -0.1) is 22.7 Å². The molecule has 0 aliphatic rings. The summed E-state index contributed by atoms with van der Waals surface area (Å²) in [6.07, 6.45) is 0. The highest BCUT2D eigenvalue weighted by atomic mass is 32.1. The first kappa shape index (κ1) is 23.6. The predicted octanol–water partition coefficient (Wildman–Crippen LogP) is 5.87. The second-order valence-electron chi connectivity index (χ2n) is 7.72. The van der Waals surface area contributed by atoms with Gasteiger partial charge in [-0.3, -0.25) is 9.69 Å². The average molecular weight is 493 g/mol. The van der Waals surface area contributed by atoms with Crippen LogP contribution in [-0.4, -0.2) is 21.8 Å². The van der Waals surface area contributed by atoms with Crippen molar-refractivity contribution in [1.82, 2.24) is 9.97 Å². The van der Waals surface area contributed by atoms with Gasteiger partial charge in [0.2, 0.25) is 5.91 Å². The monoisotopic (exact) mass is 492 g/mol. The molecular formula is C25H24N4O3S2. The lowest BCUT2D eigenvalue weighted by atomic mass is 10.1. The van der Waals surface area contributed by atoms with Gasteiger partial charge in [-0.25, -0.2) is 14.8 Å². The summed E-state index contributed by atoms with van der Waals surface area (Å²) in [5.41, 5.74) is 4.84. The molecule has 0 radical (unpaired) electrons. The molecule has 2 aromatic heterocycles. The van der Waals surface area contributed by atoms with E-state index in [0.29, 0.717) is 22.5 Å². The van der Waals surface area contributed by atoms with Crippen LogP contribution in [0.25, 0.3) is 0 Å². The summed E-state index contributed by atoms with van der Waals surface area (Å²) >= 11 is 2.68. The molecule has 34 heavy (non-hydrogen) atoms. The Bertz CT molecular complexity index is 1300. The first-order chi connectivity index (χ1) is 16.4. The number of ether oxygens (including phenoxy) is 1. The number of hydrogen-bond donors (Lipinski definition) is 1. The minimum absolute atomic E-state index is 0.00172. The number of thiazole rings is 2. The molecule has 2 aromatic carbocycles. The van der Waals surface area contributed by atoms with E-state index in [1.165, 1.54) is 29.6 Å². The van der Waals surface area contributed by atoms with Crippen molar-refractivity contribution in [2.75, 3.05) is 10.2 Å². The second kappa shape index (κ2) is 10.6. The zero-order valence-corrected chi connectivity index (χ0v) is 20.7. The fourth-order valence-corrected chi connectivity index (χ4v) is 4.91. The highest BCUT2D eigenvalue weighted by molar-refractivity contribution is 7.14. The molecule has 0 saturated heterocycles. The Hall–Kier alpha value is -3.56. The standard InChI is InChI=1S/C25H24N4O3S2/c1-16-9-10-22(17(2)11-16)29(18(3)30)25-27-20(14-34-25)13-32-23(31)21-15-33-24(28-21)26-12-19-7-5-4-6-8-19/h4-11,14-15H,12-13H2,1-3H3,(H,26,28). The second-order valence-corrected chi connectivity index (χ2v) is 9.41. The van der Waals surface area contributed by atoms with Gasteiger partial charge in [0.1, 0.15) is 6.61 Å². The number of carbonyl (C=O) groups excluding carboxylic acids is 2. The third-order valence-corrected chi connectivity index (χ3v) is 6.66. The largest absolute Gasteiger partial charge is 0.454 e. The van der Waals surface area contributed by atoms with Gasteiger partial charge in [0.25, 0.3) is 0 Å². The fraction of sp³-hybridized carbons (Fsp3) is 0.200. The Kier molecular flexibility index (Phi) is 7.34. The number of nitrogens with one attached hydrogen (secondary N) is 1. The molecule has 0 bridgehead atoms. The Morgan fingerprint density at radius 1 is 1.03 bits per heavy atom. The molecule has 7 nitrogen and oxygen atoms in total. The number of aromatic nitrogens is 2. The maximum absolute atomic E-state index is 12.5. The summed E-state index contributed by atoms with van der Waals surface area (Å²) in [4.78, 5) is 35.3. The topological polar surface area (TPSA) is 84.4 Å². The third-order valence-electron chi connectivity index (χ3n) is 4.99. The Balaban J connectivity index is 1.37. The van der Waals surface area contributed by atoms with E-state index in [1.54, 1.807) is 15.7 Å². The first-order valence-electron chi connectivity index (χ1n) is 10.6. The molecule has 4 aromatic rings. The highest BCUT2D eigenvalue weighted by Gasteiger charge is 2.20. The third kappa shape index (κ3) is 5.67. The van der Waals surface area contributed by atoms with Gasteiger partial charge in [-0.1, -0.05) is 48.0 Å². The van der Waals surface area contributed by atoms with E-state index in [2.05, 4.69) is 15.3 Å². The van der Waals surface area contributed by atoms with Crippen LogP contribution in [0.4, 0.5) is 16.0 Å². The molecule has 0 aliphatic carbocycles. The van der Waals surface area contributed by atoms with Gasteiger partial charge in [0.05, 0.1) is 11.4 Å². The summed E-state index contributed by atoms with van der Waals surface area (Å²) in [6, 6.07) is 15.9. The molecule has 0 spiro atoms. The number of hydrogen-bond acceptors (Lipinski definition) is 8. The van der Waals surface area contributed by atoms with Crippen LogP contribution < -0.4 is 10.2 Å². The van der Waals surface area contributed by atoms with Gasteiger partial charge in [-0.2, -0.15) is 0 Å². The van der Waals surface area contributed by atoms with Crippen molar-refractivity contribution >= 4 is 50.5 Å². The van der Waals surface area contributed by atoms with Crippen molar-refractivity contribution < 1.29 is 14.3 Å². The zero-order valence-electron chi connectivity index (χ0n) is 19.1. The van der Waals surface area contributed by atoms with Crippen LogP contribution in [0.1, 0.15) is 39.8 Å². The highest BCUT2D eigenvalue weighted by Crippen LogP contribution is 2.32. The Morgan fingerprint density at radius 2 is 1.82 bits per heavy atom. The number of nitrogens with zero attached hydrogens (tertiary/aromatic N) is 3. The Labute approximate surface area is 206 Å². The lowest BCUT2D eigenvalue weighted by Crippen LogP contribution is -2.23. The van der Waals surface area contributed by atoms with Crippen LogP contribution in [0.3, 0.4) is 0 Å². The van der Waals surface area contributed by atoms with E-state index in [9.17, 15) is 9.59 Å². The van der Waals surface area contributed by atoms with E-state index in [0.717, 1.165) is 22.4 Å². The molecule has 0 aliphatic heterocycles. The minimum atomic E-state index is -0.517. The smallest absolute Gasteiger partial charge is 0.358 e. The zero-order chi connectivity index (χ0) is 24.1. The summed E-state index contributed by atoms with van der Waals surface area (Å²) in [6.45, 7) is 6.10. The van der Waals surface area contributed by atoms with Crippen molar-refractivity contribution in [2.45, 2.75) is 33.9 Å². The average Bonchev–Trinajstić information content (AvgIpc) is 3.48. The van der Waals surface area contributed by atoms with Crippen LogP contribution in [0.15, 0.2) is 59.3 Å². The van der Waals surface area contributed by atoms with Crippen molar-refractivity contribution in [3.8, 4) is 0 Å². The van der Waals surface area contributed by atoms with Crippen molar-refractivity contribution in [1.29, 1.82) is 0 Å². The molecule has 0 saturated carbocycles. The summed E-state index contributed by atoms with van der Waals surface area (Å²) in [5, 5.41) is 7.85. The molecule has 1 amide bonds. The van der Waals surface area contributed by atoms with E-state index >= 15 is 0 Å². The van der Waals surface area contributed by atoms with Gasteiger partial charge in [0, 0.05) is 24.2 Å². The van der Waals surface area contributed by atoms with Gasteiger partial charge >= 0.3 is 5.97 Å². The number of benzene rings is 2. The molecule has 174 valence electrons. The number of rotatable bonds is 8. The molecule has 4 rings (SSSR count). The van der Waals surface area contributed by atoms with Crippen molar-refractivity contribution in [3.05, 3.63) is 87.4 Å². The van der Waals surface area contributed by atoms with Gasteiger partial charge < -0.3 is 10.1 Å². The van der Waals surface area contributed by atoms with Gasteiger partial charge in [-0.05, 0) is 31.0 Å². The number of aryl methyl sites for hydroxylation is 2. The van der Waals surface area contributed by atoms with Crippen LogP contribution in [-0.2, 0) is 22.7 Å². The van der Waals surface area contributed by atoms with E-state index < -0.39 is 5.97 Å². The summed E-state index contributed by atoms with van der Waals surface area (Å²) in [7, 11) is 0. The molecule has 0 fully saturated rings. The maximum atomic E-state index is 12.5. The van der Waals surface area contributed by atoms with Crippen molar-refractivity contribution in [2.24, 2.45) is 0 Å². The quantitative estimate of drug-likeness (QED) is 0.310. The summed E-state index contributed by atoms with van der Waals surface area (Å²) in [5.74, 6) is -0.654. The molecule has 9 heteroatoms. The molecule has 0 unspecified atom stereocenters. The predicted molar refractivity (Wildman–Crippen MR) is 136 cm³/mol. The fourth-order valence-electron chi connectivity index (χ4n) is 3.36. The molecular weight excluding hydrogens is 468 g/mol. The molecule has 1 N–H and O–H groups in total.